The van der Waals surface area contributed by atoms with Crippen molar-refractivity contribution in [2.45, 2.75) is 66.2 Å². The first kappa shape index (κ1) is 21.2. The van der Waals surface area contributed by atoms with Crippen LogP contribution in [0.15, 0.2) is 42.7 Å². The van der Waals surface area contributed by atoms with Gasteiger partial charge in [-0.2, -0.15) is 0 Å². The molecule has 0 spiro atoms. The van der Waals surface area contributed by atoms with Crippen molar-refractivity contribution in [3.05, 3.63) is 42.7 Å². The van der Waals surface area contributed by atoms with Crippen LogP contribution in [0.25, 0.3) is 0 Å². The van der Waals surface area contributed by atoms with Crippen LogP contribution in [0.3, 0.4) is 0 Å². The molecule has 0 saturated heterocycles. The van der Waals surface area contributed by atoms with Crippen LogP contribution in [0.5, 0.6) is 0 Å². The average molecular weight is 387 g/mol. The summed E-state index contributed by atoms with van der Waals surface area (Å²) >= 11 is -1.40. The van der Waals surface area contributed by atoms with Crippen LogP contribution < -0.4 is 24.8 Å². The van der Waals surface area contributed by atoms with Crippen LogP contribution in [0.4, 0.5) is 0 Å². The molecule has 1 unspecified atom stereocenters. The number of allylic oxidation sites excluding steroid dienone is 8. The molecule has 3 aliphatic rings. The third kappa shape index (κ3) is 4.40. The fourth-order valence-electron chi connectivity index (χ4n) is 4.10. The third-order valence-electron chi connectivity index (χ3n) is 5.44. The molecule has 1 saturated carbocycles. The Morgan fingerprint density at radius 3 is 2.09 bits per heavy atom. The quantitative estimate of drug-likeness (QED) is 0.579. The molecular weight excluding hydrogens is 359 g/mol. The van der Waals surface area contributed by atoms with Gasteiger partial charge in [-0.05, 0) is 0 Å². The second kappa shape index (κ2) is 9.00. The molecule has 0 aromatic carbocycles. The standard InChI is InChI=1S/2C7H9.C6H10.2ClH.Ti/c1-6-3-4-7(2)5-6;1-6-4-3-5-7(6)2;1-2-4-6-5-3-1;;;/h3-4,6H,1-2H3;4H,5H2,1-2H3;1-5H2;2*1H;/q;;;;;+2/p-2. The van der Waals surface area contributed by atoms with Gasteiger partial charge in [0.2, 0.25) is 0 Å². The fourth-order valence-corrected chi connectivity index (χ4v) is 10.1. The summed E-state index contributed by atoms with van der Waals surface area (Å²) in [6.45, 7) is 9.41. The van der Waals surface area contributed by atoms with Gasteiger partial charge in [-0.25, -0.2) is 0 Å². The Morgan fingerprint density at radius 1 is 0.957 bits per heavy atom. The molecule has 0 heterocycles. The second-order valence-corrected chi connectivity index (χ2v) is 11.2. The molecule has 0 bridgehead atoms. The van der Waals surface area contributed by atoms with Gasteiger partial charge >= 0.3 is 136 Å². The maximum atomic E-state index is 2.57. The van der Waals surface area contributed by atoms with Crippen molar-refractivity contribution in [3.8, 4) is 0 Å². The number of hydrogen-bond acceptors (Lipinski definition) is 0. The van der Waals surface area contributed by atoms with Crippen LogP contribution in [0.1, 0.15) is 66.2 Å². The summed E-state index contributed by atoms with van der Waals surface area (Å²) in [7, 11) is 0. The molecule has 0 radical (unpaired) electrons. The van der Waals surface area contributed by atoms with Crippen LogP contribution in [-0.4, -0.2) is 3.81 Å². The molecule has 0 aromatic rings. The number of hydrogen-bond donors (Lipinski definition) is 0. The third-order valence-corrected chi connectivity index (χ3v) is 11.0. The molecule has 23 heavy (non-hydrogen) atoms. The minimum atomic E-state index is -1.40. The maximum Gasteiger partial charge on any atom is -1.00 e. The maximum absolute atomic E-state index is 2.57. The Kier molecular flexibility index (Phi) is 8.28. The van der Waals surface area contributed by atoms with E-state index in [2.05, 4.69) is 45.9 Å². The molecule has 126 valence electrons. The summed E-state index contributed by atoms with van der Waals surface area (Å²) < 4.78 is 5.69. The molecular formula is C20H28Cl2Ti. The molecule has 3 heteroatoms. The van der Waals surface area contributed by atoms with E-state index in [-0.39, 0.29) is 24.8 Å². The second-order valence-electron chi connectivity index (χ2n) is 7.09. The zero-order chi connectivity index (χ0) is 15.0. The summed E-state index contributed by atoms with van der Waals surface area (Å²) in [4.78, 5) is 0. The molecule has 1 atom stereocenters. The van der Waals surface area contributed by atoms with E-state index in [0.29, 0.717) is 5.92 Å². The minimum absolute atomic E-state index is 0. The summed E-state index contributed by atoms with van der Waals surface area (Å²) in [5, 5.41) is 0. The van der Waals surface area contributed by atoms with Gasteiger partial charge in [0.05, 0.1) is 0 Å². The largest absolute Gasteiger partial charge is 1.00 e. The van der Waals surface area contributed by atoms with Gasteiger partial charge in [-0.3, -0.25) is 0 Å². The molecule has 0 nitrogen and oxygen atoms in total. The van der Waals surface area contributed by atoms with Gasteiger partial charge in [0.25, 0.3) is 0 Å². The first-order chi connectivity index (χ1) is 10.1. The average Bonchev–Trinajstić information content (AvgIpc) is 2.97. The Hall–Kier alpha value is 0.124. The molecule has 0 aliphatic heterocycles. The molecule has 0 aromatic heterocycles. The molecule has 1 fully saturated rings. The van der Waals surface area contributed by atoms with Crippen LogP contribution in [0.2, 0.25) is 0 Å². The van der Waals surface area contributed by atoms with Crippen LogP contribution >= 0.6 is 0 Å². The van der Waals surface area contributed by atoms with Gasteiger partial charge in [-0.15, -0.1) is 0 Å². The van der Waals surface area contributed by atoms with Crippen molar-refractivity contribution in [1.82, 2.24) is 0 Å². The molecule has 3 rings (SSSR count). The van der Waals surface area contributed by atoms with E-state index >= 15 is 0 Å². The summed E-state index contributed by atoms with van der Waals surface area (Å²) in [5.74, 6) is 0.691. The van der Waals surface area contributed by atoms with Crippen molar-refractivity contribution < 1.29 is 42.2 Å². The fraction of sp³-hybridized carbons (Fsp3) is 0.550. The minimum Gasteiger partial charge on any atom is -1.00 e. The van der Waals surface area contributed by atoms with Crippen LogP contribution in [0, 0.1) is 5.92 Å². The van der Waals surface area contributed by atoms with Crippen molar-refractivity contribution >= 4 is 3.81 Å². The Bertz CT molecular complexity index is 610. The summed E-state index contributed by atoms with van der Waals surface area (Å²) in [6, 6.07) is 0. The Morgan fingerprint density at radius 2 is 1.61 bits per heavy atom. The van der Waals surface area contributed by atoms with Gasteiger partial charge in [0, 0.05) is 0 Å². The van der Waals surface area contributed by atoms with Crippen molar-refractivity contribution in [2.24, 2.45) is 5.92 Å². The van der Waals surface area contributed by atoms with E-state index in [4.69, 9.17) is 0 Å². The molecule has 0 N–H and O–H groups in total. The zero-order valence-corrected chi connectivity index (χ0v) is 17.9. The van der Waals surface area contributed by atoms with E-state index < -0.39 is 17.4 Å². The summed E-state index contributed by atoms with van der Waals surface area (Å²) in [6.07, 6.45) is 15.9. The summed E-state index contributed by atoms with van der Waals surface area (Å²) in [5.41, 5.74) is 4.75. The number of rotatable bonds is 2. The van der Waals surface area contributed by atoms with E-state index in [0.717, 1.165) is 0 Å². The Balaban J connectivity index is 0.00000132. The predicted molar refractivity (Wildman–Crippen MR) is 90.2 cm³/mol. The van der Waals surface area contributed by atoms with Gasteiger partial charge in [0.15, 0.2) is 0 Å². The Labute approximate surface area is 160 Å². The molecule has 0 amide bonds. The van der Waals surface area contributed by atoms with Crippen molar-refractivity contribution in [3.63, 3.8) is 0 Å². The van der Waals surface area contributed by atoms with E-state index in [9.17, 15) is 0 Å². The topological polar surface area (TPSA) is 0 Å². The first-order valence-corrected chi connectivity index (χ1v) is 10.9. The smallest absolute Gasteiger partial charge is 1.00 e. The van der Waals surface area contributed by atoms with Gasteiger partial charge < -0.3 is 24.8 Å². The molecule has 3 aliphatic carbocycles. The van der Waals surface area contributed by atoms with E-state index in [1.54, 1.807) is 16.7 Å². The van der Waals surface area contributed by atoms with Gasteiger partial charge in [0.1, 0.15) is 0 Å². The van der Waals surface area contributed by atoms with Gasteiger partial charge in [-0.1, -0.05) is 0 Å². The van der Waals surface area contributed by atoms with Crippen molar-refractivity contribution in [1.29, 1.82) is 0 Å². The predicted octanol–water partition coefficient (Wildman–Crippen LogP) is -0.147. The monoisotopic (exact) mass is 386 g/mol. The first-order valence-electron chi connectivity index (χ1n) is 8.56. The number of halogens is 2. The van der Waals surface area contributed by atoms with Crippen LogP contribution in [-0.2, 0) is 17.4 Å². The van der Waals surface area contributed by atoms with E-state index in [1.807, 2.05) is 11.6 Å². The van der Waals surface area contributed by atoms with Crippen molar-refractivity contribution in [2.75, 3.05) is 0 Å². The normalized spacial score (nSPS) is 23.3. The SMILES string of the molecule is CC1=C(C)C[C]([Ti+2]([C]2=C(C)C=CC2C)=[C]2CCCCC2)=C1.[Cl-].[Cl-]. The van der Waals surface area contributed by atoms with E-state index in [1.165, 1.54) is 38.5 Å². The zero-order valence-electron chi connectivity index (χ0n) is 14.8.